The van der Waals surface area contributed by atoms with Gasteiger partial charge in [-0.2, -0.15) is 0 Å². The zero-order valence-corrected chi connectivity index (χ0v) is 16.7. The minimum Gasteiger partial charge on any atom is -0.423 e. The molecule has 0 radical (unpaired) electrons. The lowest BCUT2D eigenvalue weighted by atomic mass is 9.77. The van der Waals surface area contributed by atoms with E-state index in [2.05, 4.69) is 11.7 Å². The van der Waals surface area contributed by atoms with Gasteiger partial charge in [0, 0.05) is 6.07 Å². The van der Waals surface area contributed by atoms with Crippen LogP contribution in [-0.2, 0) is 0 Å². The molecule has 0 spiro atoms. The maximum absolute atomic E-state index is 13.8. The predicted octanol–water partition coefficient (Wildman–Crippen LogP) is 7.02. The second kappa shape index (κ2) is 9.49. The van der Waals surface area contributed by atoms with E-state index in [9.17, 15) is 22.4 Å². The first-order valence-electron chi connectivity index (χ1n) is 10.1. The van der Waals surface area contributed by atoms with E-state index in [1.807, 2.05) is 12.1 Å². The fraction of sp³-hybridized carbons (Fsp3) is 0.435. The lowest BCUT2D eigenvalue weighted by Gasteiger charge is -2.28. The van der Waals surface area contributed by atoms with E-state index in [0.29, 0.717) is 12.0 Å². The van der Waals surface area contributed by atoms with Crippen LogP contribution in [0.2, 0.25) is 0 Å². The molecule has 0 unspecified atom stereocenters. The molecule has 1 aliphatic rings. The molecule has 162 valence electrons. The van der Waals surface area contributed by atoms with Crippen molar-refractivity contribution >= 4 is 5.97 Å². The van der Waals surface area contributed by atoms with Crippen molar-refractivity contribution in [1.29, 1.82) is 0 Å². The van der Waals surface area contributed by atoms with Crippen LogP contribution in [0.1, 0.15) is 67.3 Å². The first-order valence-corrected chi connectivity index (χ1v) is 10.1. The van der Waals surface area contributed by atoms with E-state index < -0.39 is 23.9 Å². The Balaban J connectivity index is 1.59. The number of esters is 1. The fourth-order valence-electron chi connectivity index (χ4n) is 4.00. The van der Waals surface area contributed by atoms with Crippen molar-refractivity contribution in [3.63, 3.8) is 0 Å². The van der Waals surface area contributed by atoms with Crippen LogP contribution >= 0.6 is 0 Å². The smallest absolute Gasteiger partial charge is 0.423 e. The van der Waals surface area contributed by atoms with E-state index in [1.165, 1.54) is 31.2 Å². The number of halogens is 4. The molecule has 1 fully saturated rings. The molecule has 1 saturated carbocycles. The van der Waals surface area contributed by atoms with Gasteiger partial charge in [-0.1, -0.05) is 31.9 Å². The summed E-state index contributed by atoms with van der Waals surface area (Å²) in [7, 11) is 0. The number of carbonyl (C=O) groups excluding carboxylic acids is 1. The second-order valence-electron chi connectivity index (χ2n) is 7.66. The minimum atomic E-state index is -5.00. The van der Waals surface area contributed by atoms with E-state index in [1.54, 1.807) is 12.1 Å². The van der Waals surface area contributed by atoms with E-state index in [4.69, 9.17) is 4.74 Å². The summed E-state index contributed by atoms with van der Waals surface area (Å²) >= 11 is 0. The molecule has 0 amide bonds. The van der Waals surface area contributed by atoms with Crippen molar-refractivity contribution in [3.8, 4) is 11.5 Å². The van der Waals surface area contributed by atoms with Crippen LogP contribution in [0.4, 0.5) is 17.6 Å². The number of alkyl halides is 3. The standard InChI is InChI=1S/C23H24F4O3/c1-2-3-15-4-6-16(7-5-15)17-8-10-18(11-9-17)22(28)29-19-12-13-21(20(24)14-19)30-23(25,26)27/h8-16H,2-7H2,1H3. The number of hydrogen-bond acceptors (Lipinski definition) is 3. The molecule has 2 aromatic carbocycles. The molecule has 7 heteroatoms. The van der Waals surface area contributed by atoms with Gasteiger partial charge in [-0.05, 0) is 67.3 Å². The zero-order chi connectivity index (χ0) is 21.7. The van der Waals surface area contributed by atoms with Crippen molar-refractivity contribution in [1.82, 2.24) is 0 Å². The maximum atomic E-state index is 13.8. The molecule has 0 heterocycles. The third-order valence-electron chi connectivity index (χ3n) is 5.50. The van der Waals surface area contributed by atoms with Gasteiger partial charge in [0.25, 0.3) is 0 Å². The predicted molar refractivity (Wildman–Crippen MR) is 104 cm³/mol. The van der Waals surface area contributed by atoms with Crippen molar-refractivity contribution in [2.24, 2.45) is 5.92 Å². The second-order valence-corrected chi connectivity index (χ2v) is 7.66. The molecular formula is C23H24F4O3. The van der Waals surface area contributed by atoms with Gasteiger partial charge in [-0.15, -0.1) is 13.2 Å². The summed E-state index contributed by atoms with van der Waals surface area (Å²) in [6, 6.07) is 9.63. The van der Waals surface area contributed by atoms with Crippen LogP contribution < -0.4 is 9.47 Å². The number of carbonyl (C=O) groups is 1. The average molecular weight is 424 g/mol. The average Bonchev–Trinajstić information content (AvgIpc) is 2.70. The van der Waals surface area contributed by atoms with Crippen molar-refractivity contribution < 1.29 is 31.8 Å². The van der Waals surface area contributed by atoms with Crippen LogP contribution in [-0.4, -0.2) is 12.3 Å². The Hall–Kier alpha value is -2.57. The van der Waals surface area contributed by atoms with Gasteiger partial charge >= 0.3 is 12.3 Å². The van der Waals surface area contributed by atoms with Gasteiger partial charge in [0.05, 0.1) is 5.56 Å². The number of rotatable bonds is 6. The minimum absolute atomic E-state index is 0.203. The molecule has 2 aromatic rings. The first-order chi connectivity index (χ1) is 14.2. The Labute approximate surface area is 173 Å². The highest BCUT2D eigenvalue weighted by Crippen LogP contribution is 2.37. The molecule has 0 atom stereocenters. The normalized spacial score (nSPS) is 19.4. The highest BCUT2D eigenvalue weighted by Gasteiger charge is 2.32. The van der Waals surface area contributed by atoms with Crippen LogP contribution in [0.5, 0.6) is 11.5 Å². The zero-order valence-electron chi connectivity index (χ0n) is 16.7. The number of benzene rings is 2. The third-order valence-corrected chi connectivity index (χ3v) is 5.50. The van der Waals surface area contributed by atoms with Gasteiger partial charge in [-0.25, -0.2) is 9.18 Å². The quantitative estimate of drug-likeness (QED) is 0.284. The summed E-state index contributed by atoms with van der Waals surface area (Å²) in [5, 5.41) is 0. The Bertz CT molecular complexity index is 854. The summed E-state index contributed by atoms with van der Waals surface area (Å²) in [4.78, 5) is 12.3. The monoisotopic (exact) mass is 424 g/mol. The van der Waals surface area contributed by atoms with Crippen LogP contribution in [0.25, 0.3) is 0 Å². The summed E-state index contributed by atoms with van der Waals surface area (Å²) in [5.74, 6) is -1.87. The number of ether oxygens (including phenoxy) is 2. The molecule has 1 aliphatic carbocycles. The van der Waals surface area contributed by atoms with Crippen molar-refractivity contribution in [2.75, 3.05) is 0 Å². The van der Waals surface area contributed by atoms with Crippen molar-refractivity contribution in [3.05, 3.63) is 59.4 Å². The van der Waals surface area contributed by atoms with E-state index in [0.717, 1.165) is 30.9 Å². The fourth-order valence-corrected chi connectivity index (χ4v) is 4.00. The van der Waals surface area contributed by atoms with Gasteiger partial charge in [0.1, 0.15) is 5.75 Å². The molecule has 0 bridgehead atoms. The Kier molecular flexibility index (Phi) is 7.00. The lowest BCUT2D eigenvalue weighted by molar-refractivity contribution is -0.275. The summed E-state index contributed by atoms with van der Waals surface area (Å²) in [6.45, 7) is 2.21. The van der Waals surface area contributed by atoms with E-state index >= 15 is 0 Å². The van der Waals surface area contributed by atoms with Crippen molar-refractivity contribution in [2.45, 2.75) is 57.7 Å². The summed E-state index contributed by atoms with van der Waals surface area (Å²) in [6.07, 6.45) is 2.22. The highest BCUT2D eigenvalue weighted by atomic mass is 19.4. The van der Waals surface area contributed by atoms with Gasteiger partial charge in [-0.3, -0.25) is 0 Å². The van der Waals surface area contributed by atoms with Gasteiger partial charge in [0.2, 0.25) is 0 Å². The highest BCUT2D eigenvalue weighted by molar-refractivity contribution is 5.91. The molecule has 3 nitrogen and oxygen atoms in total. The first kappa shape index (κ1) is 22.1. The SMILES string of the molecule is CCCC1CCC(c2ccc(C(=O)Oc3ccc(OC(F)(F)F)c(F)c3)cc2)CC1. The lowest BCUT2D eigenvalue weighted by Crippen LogP contribution is -2.18. The topological polar surface area (TPSA) is 35.5 Å². The molecule has 0 N–H and O–H groups in total. The summed E-state index contributed by atoms with van der Waals surface area (Å²) in [5.41, 5.74) is 1.47. The van der Waals surface area contributed by atoms with E-state index in [-0.39, 0.29) is 11.3 Å². The van der Waals surface area contributed by atoms with Gasteiger partial charge < -0.3 is 9.47 Å². The molecule has 0 saturated heterocycles. The Morgan fingerprint density at radius 1 is 1.03 bits per heavy atom. The van der Waals surface area contributed by atoms with Crippen LogP contribution in [0.15, 0.2) is 42.5 Å². The molecule has 30 heavy (non-hydrogen) atoms. The third kappa shape index (κ3) is 5.97. The molecule has 0 aliphatic heterocycles. The van der Waals surface area contributed by atoms with Crippen LogP contribution in [0.3, 0.4) is 0 Å². The van der Waals surface area contributed by atoms with Crippen LogP contribution in [0, 0.1) is 11.7 Å². The largest absolute Gasteiger partial charge is 0.573 e. The number of hydrogen-bond donors (Lipinski definition) is 0. The molecule has 0 aromatic heterocycles. The Morgan fingerprint density at radius 3 is 2.27 bits per heavy atom. The Morgan fingerprint density at radius 2 is 1.70 bits per heavy atom. The molecular weight excluding hydrogens is 400 g/mol. The maximum Gasteiger partial charge on any atom is 0.573 e. The molecule has 3 rings (SSSR count). The van der Waals surface area contributed by atoms with Gasteiger partial charge in [0.15, 0.2) is 11.6 Å². The summed E-state index contributed by atoms with van der Waals surface area (Å²) < 4.78 is 59.0.